The average Bonchev–Trinajstić information content (AvgIpc) is 2.80. The van der Waals surface area contributed by atoms with Crippen LogP contribution >= 0.6 is 0 Å². The van der Waals surface area contributed by atoms with Gasteiger partial charge in [0.05, 0.1) is 17.8 Å². The molecular formula is C16H22N2O. The van der Waals surface area contributed by atoms with Gasteiger partial charge in [-0.3, -0.25) is 4.68 Å². The summed E-state index contributed by atoms with van der Waals surface area (Å²) in [5, 5.41) is 15.2. The first-order valence-corrected chi connectivity index (χ1v) is 7.25. The Kier molecular flexibility index (Phi) is 3.31. The zero-order chi connectivity index (χ0) is 13.4. The van der Waals surface area contributed by atoms with Crippen LogP contribution < -0.4 is 0 Å². The topological polar surface area (TPSA) is 38.1 Å². The second kappa shape index (κ2) is 4.97. The van der Waals surface area contributed by atoms with Gasteiger partial charge in [-0.05, 0) is 62.1 Å². The smallest absolute Gasteiger partial charge is 0.0679 e. The lowest BCUT2D eigenvalue weighted by molar-refractivity contribution is 0.0967. The molecule has 1 aliphatic rings. The molecule has 1 heterocycles. The normalized spacial score (nSPS) is 25.6. The van der Waals surface area contributed by atoms with Crippen molar-refractivity contribution in [1.29, 1.82) is 0 Å². The third-order valence-corrected chi connectivity index (χ3v) is 4.70. The first-order chi connectivity index (χ1) is 9.15. The number of aliphatic hydroxyl groups excluding tert-OH is 1. The standard InChI is InChI=1S/C16H22N2O/c1-11(19)12-3-5-13(6-4-12)14-7-8-16-15(9-14)10-17-18(16)2/h7-13,19H,3-6H2,1-2H3. The van der Waals surface area contributed by atoms with Crippen LogP contribution in [0.5, 0.6) is 0 Å². The molecule has 3 heteroatoms. The minimum atomic E-state index is -0.151. The molecule has 102 valence electrons. The Morgan fingerprint density at radius 2 is 2.00 bits per heavy atom. The van der Waals surface area contributed by atoms with E-state index in [2.05, 4.69) is 23.3 Å². The van der Waals surface area contributed by atoms with Crippen LogP contribution in [0.4, 0.5) is 0 Å². The molecule has 0 spiro atoms. The third-order valence-electron chi connectivity index (χ3n) is 4.70. The van der Waals surface area contributed by atoms with E-state index in [9.17, 15) is 5.11 Å². The van der Waals surface area contributed by atoms with Crippen molar-refractivity contribution in [3.8, 4) is 0 Å². The molecule has 0 radical (unpaired) electrons. The third kappa shape index (κ3) is 2.39. The van der Waals surface area contributed by atoms with E-state index in [0.717, 1.165) is 12.8 Å². The first-order valence-electron chi connectivity index (χ1n) is 7.25. The Balaban J connectivity index is 1.78. The Morgan fingerprint density at radius 1 is 1.26 bits per heavy atom. The zero-order valence-corrected chi connectivity index (χ0v) is 11.7. The fraction of sp³-hybridized carbons (Fsp3) is 0.562. The maximum Gasteiger partial charge on any atom is 0.0679 e. The highest BCUT2D eigenvalue weighted by Crippen LogP contribution is 2.37. The second-order valence-electron chi connectivity index (χ2n) is 5.94. The molecule has 3 nitrogen and oxygen atoms in total. The van der Waals surface area contributed by atoms with Crippen molar-refractivity contribution < 1.29 is 5.11 Å². The number of hydrogen-bond donors (Lipinski definition) is 1. The lowest BCUT2D eigenvalue weighted by Gasteiger charge is -2.30. The summed E-state index contributed by atoms with van der Waals surface area (Å²) in [6.07, 6.45) is 6.48. The number of fused-ring (bicyclic) bond motifs is 1. The number of benzene rings is 1. The van der Waals surface area contributed by atoms with Crippen LogP contribution in [0.1, 0.15) is 44.1 Å². The summed E-state index contributed by atoms with van der Waals surface area (Å²) in [6, 6.07) is 6.71. The summed E-state index contributed by atoms with van der Waals surface area (Å²) in [5.41, 5.74) is 2.63. The summed E-state index contributed by atoms with van der Waals surface area (Å²) < 4.78 is 1.92. The van der Waals surface area contributed by atoms with Gasteiger partial charge in [-0.2, -0.15) is 5.10 Å². The van der Waals surface area contributed by atoms with Crippen molar-refractivity contribution in [1.82, 2.24) is 9.78 Å². The van der Waals surface area contributed by atoms with Gasteiger partial charge >= 0.3 is 0 Å². The molecule has 1 N–H and O–H groups in total. The molecule has 1 unspecified atom stereocenters. The fourth-order valence-corrected chi connectivity index (χ4v) is 3.37. The molecule has 1 fully saturated rings. The van der Waals surface area contributed by atoms with Gasteiger partial charge in [0.15, 0.2) is 0 Å². The van der Waals surface area contributed by atoms with Crippen molar-refractivity contribution in [2.75, 3.05) is 0 Å². The first kappa shape index (κ1) is 12.7. The number of aromatic nitrogens is 2. The van der Waals surface area contributed by atoms with Crippen molar-refractivity contribution >= 4 is 10.9 Å². The molecule has 1 saturated carbocycles. The van der Waals surface area contributed by atoms with Crippen LogP contribution in [0.25, 0.3) is 10.9 Å². The monoisotopic (exact) mass is 258 g/mol. The fourth-order valence-electron chi connectivity index (χ4n) is 3.37. The summed E-state index contributed by atoms with van der Waals surface area (Å²) in [6.45, 7) is 1.92. The summed E-state index contributed by atoms with van der Waals surface area (Å²) >= 11 is 0. The average molecular weight is 258 g/mol. The molecule has 0 aliphatic heterocycles. The minimum Gasteiger partial charge on any atom is -0.393 e. The highest BCUT2D eigenvalue weighted by Gasteiger charge is 2.25. The van der Waals surface area contributed by atoms with Gasteiger partial charge in [-0.25, -0.2) is 0 Å². The lowest BCUT2D eigenvalue weighted by Crippen LogP contribution is -2.22. The largest absolute Gasteiger partial charge is 0.393 e. The van der Waals surface area contributed by atoms with Crippen molar-refractivity contribution in [3.05, 3.63) is 30.0 Å². The Bertz CT molecular complexity index is 565. The van der Waals surface area contributed by atoms with Crippen molar-refractivity contribution in [3.63, 3.8) is 0 Å². The number of nitrogens with zero attached hydrogens (tertiary/aromatic N) is 2. The summed E-state index contributed by atoms with van der Waals surface area (Å²) in [4.78, 5) is 0. The maximum absolute atomic E-state index is 9.67. The number of aliphatic hydroxyl groups is 1. The molecule has 3 rings (SSSR count). The van der Waals surface area contributed by atoms with E-state index in [1.807, 2.05) is 24.9 Å². The van der Waals surface area contributed by atoms with Crippen LogP contribution in [0, 0.1) is 5.92 Å². The van der Waals surface area contributed by atoms with E-state index in [0.29, 0.717) is 11.8 Å². The Labute approximate surface area is 114 Å². The SMILES string of the molecule is CC(O)C1CCC(c2ccc3c(cnn3C)c2)CC1. The van der Waals surface area contributed by atoms with Gasteiger partial charge in [0.1, 0.15) is 0 Å². The predicted molar refractivity (Wildman–Crippen MR) is 77.1 cm³/mol. The maximum atomic E-state index is 9.67. The zero-order valence-electron chi connectivity index (χ0n) is 11.7. The van der Waals surface area contributed by atoms with Gasteiger partial charge in [-0.1, -0.05) is 6.07 Å². The molecule has 1 atom stereocenters. The molecule has 0 saturated heterocycles. The van der Waals surface area contributed by atoms with E-state index in [1.54, 1.807) is 0 Å². The molecule has 0 amide bonds. The van der Waals surface area contributed by atoms with Crippen LogP contribution in [0.3, 0.4) is 0 Å². The highest BCUT2D eigenvalue weighted by molar-refractivity contribution is 5.79. The van der Waals surface area contributed by atoms with Gasteiger partial charge in [-0.15, -0.1) is 0 Å². The van der Waals surface area contributed by atoms with E-state index in [-0.39, 0.29) is 6.10 Å². The predicted octanol–water partition coefficient (Wildman–Crippen LogP) is 3.23. The van der Waals surface area contributed by atoms with Gasteiger partial charge < -0.3 is 5.11 Å². The number of aryl methyl sites for hydroxylation is 1. The van der Waals surface area contributed by atoms with Gasteiger partial charge in [0, 0.05) is 12.4 Å². The molecule has 2 aromatic rings. The van der Waals surface area contributed by atoms with Crippen molar-refractivity contribution in [2.45, 2.75) is 44.6 Å². The van der Waals surface area contributed by atoms with Gasteiger partial charge in [0.25, 0.3) is 0 Å². The second-order valence-corrected chi connectivity index (χ2v) is 5.94. The number of hydrogen-bond acceptors (Lipinski definition) is 2. The quantitative estimate of drug-likeness (QED) is 0.898. The molecule has 1 aromatic heterocycles. The molecule has 0 bridgehead atoms. The van der Waals surface area contributed by atoms with Gasteiger partial charge in [0.2, 0.25) is 0 Å². The minimum absolute atomic E-state index is 0.151. The Morgan fingerprint density at radius 3 is 2.68 bits per heavy atom. The summed E-state index contributed by atoms with van der Waals surface area (Å²) in [7, 11) is 1.98. The molecule has 1 aromatic carbocycles. The summed E-state index contributed by atoms with van der Waals surface area (Å²) in [5.74, 6) is 1.15. The highest BCUT2D eigenvalue weighted by atomic mass is 16.3. The van der Waals surface area contributed by atoms with Crippen LogP contribution in [-0.4, -0.2) is 21.0 Å². The van der Waals surface area contributed by atoms with Crippen molar-refractivity contribution in [2.24, 2.45) is 13.0 Å². The number of rotatable bonds is 2. The van der Waals surface area contributed by atoms with E-state index < -0.39 is 0 Å². The van der Waals surface area contributed by atoms with Crippen LogP contribution in [0.15, 0.2) is 24.4 Å². The molecule has 1 aliphatic carbocycles. The van der Waals surface area contributed by atoms with Crippen LogP contribution in [-0.2, 0) is 7.05 Å². The Hall–Kier alpha value is -1.35. The van der Waals surface area contributed by atoms with E-state index in [4.69, 9.17) is 0 Å². The van der Waals surface area contributed by atoms with E-state index >= 15 is 0 Å². The molecule has 19 heavy (non-hydrogen) atoms. The van der Waals surface area contributed by atoms with E-state index in [1.165, 1.54) is 29.3 Å². The molecular weight excluding hydrogens is 236 g/mol. The lowest BCUT2D eigenvalue weighted by atomic mass is 9.77. The van der Waals surface area contributed by atoms with Crippen LogP contribution in [0.2, 0.25) is 0 Å².